The highest BCUT2D eigenvalue weighted by Gasteiger charge is 2.73. The predicted octanol–water partition coefficient (Wildman–Crippen LogP) is 1.46. The van der Waals surface area contributed by atoms with Gasteiger partial charge >= 0.3 is 5.97 Å². The molecule has 0 heterocycles. The molecule has 0 aliphatic heterocycles. The molecule has 0 unspecified atom stereocenters. The standard InChI is InChI=1S/C13H14N2O5S/c1-20-11(16)12-6-13(7-12,8-12)15-21(18,19)10-5-3-2-4-9(10)14-17/h2-5,15H,6-8H2,1H3. The monoisotopic (exact) mass is 310 g/mol. The van der Waals surface area contributed by atoms with Crippen molar-refractivity contribution < 1.29 is 17.9 Å². The van der Waals surface area contributed by atoms with Gasteiger partial charge in [0, 0.05) is 5.54 Å². The molecule has 21 heavy (non-hydrogen) atoms. The number of methoxy groups -OCH3 is 1. The van der Waals surface area contributed by atoms with Crippen LogP contribution < -0.4 is 4.72 Å². The van der Waals surface area contributed by atoms with Gasteiger partial charge < -0.3 is 4.74 Å². The van der Waals surface area contributed by atoms with Crippen LogP contribution in [0.1, 0.15) is 19.3 Å². The van der Waals surface area contributed by atoms with E-state index in [9.17, 15) is 18.1 Å². The van der Waals surface area contributed by atoms with Crippen LogP contribution in [0.15, 0.2) is 34.3 Å². The van der Waals surface area contributed by atoms with Gasteiger partial charge in [0.25, 0.3) is 0 Å². The van der Waals surface area contributed by atoms with Crippen molar-refractivity contribution in [3.8, 4) is 0 Å². The Kier molecular flexibility index (Phi) is 2.93. The summed E-state index contributed by atoms with van der Waals surface area (Å²) in [6.07, 6.45) is 1.30. The van der Waals surface area contributed by atoms with E-state index >= 15 is 0 Å². The Labute approximate surface area is 121 Å². The molecule has 4 rings (SSSR count). The van der Waals surface area contributed by atoms with Gasteiger partial charge in [-0.1, -0.05) is 12.1 Å². The zero-order valence-corrected chi connectivity index (χ0v) is 12.1. The Balaban J connectivity index is 1.78. The van der Waals surface area contributed by atoms with Crippen molar-refractivity contribution in [3.63, 3.8) is 0 Å². The molecule has 112 valence electrons. The lowest BCUT2D eigenvalue weighted by Gasteiger charge is -2.68. The maximum atomic E-state index is 12.4. The first-order valence-electron chi connectivity index (χ1n) is 6.41. The highest BCUT2D eigenvalue weighted by molar-refractivity contribution is 7.89. The van der Waals surface area contributed by atoms with Crippen molar-refractivity contribution in [3.05, 3.63) is 29.2 Å². The summed E-state index contributed by atoms with van der Waals surface area (Å²) in [7, 11) is -2.51. The molecular formula is C13H14N2O5S. The maximum Gasteiger partial charge on any atom is 0.312 e. The molecule has 0 atom stereocenters. The van der Waals surface area contributed by atoms with Crippen molar-refractivity contribution in [1.82, 2.24) is 4.72 Å². The van der Waals surface area contributed by atoms with Crippen LogP contribution in [0.2, 0.25) is 0 Å². The fraction of sp³-hybridized carbons (Fsp3) is 0.462. The third kappa shape index (κ3) is 1.97. The van der Waals surface area contributed by atoms with E-state index in [1.54, 1.807) is 6.07 Å². The quantitative estimate of drug-likeness (QED) is 0.655. The third-order valence-corrected chi connectivity index (χ3v) is 5.88. The van der Waals surface area contributed by atoms with Crippen LogP contribution in [0.3, 0.4) is 0 Å². The lowest BCUT2D eigenvalue weighted by Crippen LogP contribution is -2.77. The number of rotatable bonds is 5. The third-order valence-electron chi connectivity index (χ3n) is 4.25. The molecule has 0 aromatic heterocycles. The molecule has 0 spiro atoms. The summed E-state index contributed by atoms with van der Waals surface area (Å²) in [6, 6.07) is 5.75. The van der Waals surface area contributed by atoms with Crippen molar-refractivity contribution in [2.75, 3.05) is 7.11 Å². The van der Waals surface area contributed by atoms with Gasteiger partial charge in [-0.15, -0.1) is 4.91 Å². The number of nitrogens with one attached hydrogen (secondary N) is 1. The van der Waals surface area contributed by atoms with E-state index in [4.69, 9.17) is 4.74 Å². The van der Waals surface area contributed by atoms with E-state index in [1.165, 1.54) is 25.3 Å². The van der Waals surface area contributed by atoms with Crippen LogP contribution in [0.25, 0.3) is 0 Å². The van der Waals surface area contributed by atoms with Gasteiger partial charge in [0.2, 0.25) is 10.0 Å². The van der Waals surface area contributed by atoms with Crippen molar-refractivity contribution in [2.45, 2.75) is 29.7 Å². The molecule has 2 bridgehead atoms. The van der Waals surface area contributed by atoms with Gasteiger partial charge in [0.15, 0.2) is 0 Å². The summed E-state index contributed by atoms with van der Waals surface area (Å²) in [6.45, 7) is 0. The average molecular weight is 310 g/mol. The summed E-state index contributed by atoms with van der Waals surface area (Å²) in [4.78, 5) is 22.1. The summed E-state index contributed by atoms with van der Waals surface area (Å²) in [5, 5.41) is 2.74. The largest absolute Gasteiger partial charge is 0.469 e. The smallest absolute Gasteiger partial charge is 0.312 e. The minimum absolute atomic E-state index is 0.126. The Morgan fingerprint density at radius 2 is 1.90 bits per heavy atom. The summed E-state index contributed by atoms with van der Waals surface area (Å²) in [5.41, 5.74) is -1.25. The van der Waals surface area contributed by atoms with Gasteiger partial charge in [-0.25, -0.2) is 13.1 Å². The van der Waals surface area contributed by atoms with Crippen LogP contribution in [0, 0.1) is 10.3 Å². The van der Waals surface area contributed by atoms with Gasteiger partial charge in [-0.3, -0.25) is 4.79 Å². The van der Waals surface area contributed by atoms with Gasteiger partial charge in [-0.05, 0) is 36.6 Å². The number of carbonyl (C=O) groups is 1. The first-order chi connectivity index (χ1) is 9.86. The SMILES string of the molecule is COC(=O)C12CC(NS(=O)(=O)c3ccccc3N=O)(C1)C2. The number of sulfonamides is 1. The van der Waals surface area contributed by atoms with Crippen molar-refractivity contribution in [1.29, 1.82) is 0 Å². The normalized spacial score (nSPS) is 30.0. The predicted molar refractivity (Wildman–Crippen MR) is 73.2 cm³/mol. The minimum atomic E-state index is -3.84. The molecule has 1 aromatic rings. The van der Waals surface area contributed by atoms with E-state index in [1.807, 2.05) is 0 Å². The lowest BCUT2D eigenvalue weighted by atomic mass is 9.40. The summed E-state index contributed by atoms with van der Waals surface area (Å²) >= 11 is 0. The molecule has 0 saturated heterocycles. The van der Waals surface area contributed by atoms with Crippen LogP contribution in [0.5, 0.6) is 0 Å². The molecular weight excluding hydrogens is 296 g/mol. The van der Waals surface area contributed by atoms with Gasteiger partial charge in [0.1, 0.15) is 10.6 Å². The zero-order valence-electron chi connectivity index (χ0n) is 11.3. The summed E-state index contributed by atoms with van der Waals surface area (Å²) in [5.74, 6) is -0.293. The number of hydrogen-bond acceptors (Lipinski definition) is 6. The zero-order chi connectivity index (χ0) is 15.3. The minimum Gasteiger partial charge on any atom is -0.469 e. The molecule has 0 amide bonds. The van der Waals surface area contributed by atoms with Crippen LogP contribution in [-0.2, 0) is 19.6 Å². The number of nitrogens with zero attached hydrogens (tertiary/aromatic N) is 1. The Bertz CT molecular complexity index is 708. The molecule has 3 saturated carbocycles. The van der Waals surface area contributed by atoms with E-state index < -0.39 is 21.0 Å². The lowest BCUT2D eigenvalue weighted by molar-refractivity contribution is -0.197. The molecule has 8 heteroatoms. The van der Waals surface area contributed by atoms with Crippen LogP contribution >= 0.6 is 0 Å². The fourth-order valence-electron chi connectivity index (χ4n) is 3.43. The van der Waals surface area contributed by atoms with E-state index in [0.29, 0.717) is 19.3 Å². The van der Waals surface area contributed by atoms with Gasteiger partial charge in [0.05, 0.1) is 12.5 Å². The Hall–Kier alpha value is -1.80. The molecule has 3 fully saturated rings. The highest BCUT2D eigenvalue weighted by Crippen LogP contribution is 2.68. The number of benzene rings is 1. The first kappa shape index (κ1) is 14.2. The average Bonchev–Trinajstić information content (AvgIpc) is 2.40. The number of carbonyl (C=O) groups excluding carboxylic acids is 1. The first-order valence-corrected chi connectivity index (χ1v) is 7.90. The molecule has 1 N–H and O–H groups in total. The molecule has 3 aliphatic carbocycles. The number of ether oxygens (including phenoxy) is 1. The molecule has 3 aliphatic rings. The second kappa shape index (κ2) is 4.35. The number of hydrogen-bond donors (Lipinski definition) is 1. The Morgan fingerprint density at radius 3 is 2.48 bits per heavy atom. The maximum absolute atomic E-state index is 12.4. The molecule has 1 aromatic carbocycles. The molecule has 7 nitrogen and oxygen atoms in total. The fourth-order valence-corrected chi connectivity index (χ4v) is 4.96. The van der Waals surface area contributed by atoms with Crippen LogP contribution in [0.4, 0.5) is 5.69 Å². The number of esters is 1. The van der Waals surface area contributed by atoms with E-state index in [2.05, 4.69) is 9.90 Å². The summed E-state index contributed by atoms with van der Waals surface area (Å²) < 4.78 is 32.0. The second-order valence-corrected chi connectivity index (χ2v) is 7.40. The van der Waals surface area contributed by atoms with Crippen molar-refractivity contribution in [2.24, 2.45) is 10.6 Å². The van der Waals surface area contributed by atoms with Crippen LogP contribution in [-0.4, -0.2) is 27.0 Å². The molecule has 0 radical (unpaired) electrons. The topological polar surface area (TPSA) is 102 Å². The Morgan fingerprint density at radius 1 is 1.29 bits per heavy atom. The van der Waals surface area contributed by atoms with E-state index in [-0.39, 0.29) is 16.6 Å². The van der Waals surface area contributed by atoms with Crippen molar-refractivity contribution >= 4 is 21.7 Å². The van der Waals surface area contributed by atoms with Gasteiger partial charge in [-0.2, -0.15) is 0 Å². The number of nitroso groups, excluding NO2 is 1. The highest BCUT2D eigenvalue weighted by atomic mass is 32.2. The second-order valence-electron chi connectivity index (χ2n) is 5.75. The van der Waals surface area contributed by atoms with E-state index in [0.717, 1.165) is 0 Å².